The predicted octanol–water partition coefficient (Wildman–Crippen LogP) is 1.32. The standard InChI is InChI=1S/C15H11ClN4O2/c1-2-3-7-20-15(22)19-9-8-18(14(21)13(19)17-20)12-6-4-5-11(16)10-12/h4-6,8-10H,7H2,1H3. The molecule has 3 rings (SSSR count). The lowest BCUT2D eigenvalue weighted by atomic mass is 10.3. The molecule has 0 radical (unpaired) electrons. The molecule has 110 valence electrons. The van der Waals surface area contributed by atoms with Gasteiger partial charge in [0.05, 0.1) is 5.69 Å². The lowest BCUT2D eigenvalue weighted by molar-refractivity contribution is 0.684. The topological polar surface area (TPSA) is 61.3 Å². The molecule has 0 aliphatic rings. The quantitative estimate of drug-likeness (QED) is 0.670. The highest BCUT2D eigenvalue weighted by atomic mass is 35.5. The Kier molecular flexibility index (Phi) is 3.57. The van der Waals surface area contributed by atoms with Gasteiger partial charge in [-0.25, -0.2) is 13.9 Å². The molecule has 7 heteroatoms. The maximum atomic E-state index is 12.5. The molecular formula is C15H11ClN4O2. The Morgan fingerprint density at radius 3 is 2.82 bits per heavy atom. The minimum atomic E-state index is -0.398. The second kappa shape index (κ2) is 5.54. The Hall–Kier alpha value is -2.78. The van der Waals surface area contributed by atoms with E-state index in [1.807, 2.05) is 0 Å². The molecule has 0 bridgehead atoms. The predicted molar refractivity (Wildman–Crippen MR) is 83.5 cm³/mol. The average molecular weight is 315 g/mol. The van der Waals surface area contributed by atoms with Crippen LogP contribution in [0.5, 0.6) is 0 Å². The number of fused-ring (bicyclic) bond motifs is 1. The first kappa shape index (κ1) is 14.2. The second-order valence-electron chi connectivity index (χ2n) is 4.51. The van der Waals surface area contributed by atoms with Crippen LogP contribution < -0.4 is 11.2 Å². The Morgan fingerprint density at radius 2 is 2.09 bits per heavy atom. The van der Waals surface area contributed by atoms with Crippen LogP contribution in [0.15, 0.2) is 46.2 Å². The summed E-state index contributed by atoms with van der Waals surface area (Å²) < 4.78 is 3.76. The van der Waals surface area contributed by atoms with E-state index < -0.39 is 11.2 Å². The average Bonchev–Trinajstić information content (AvgIpc) is 2.83. The fraction of sp³-hybridized carbons (Fsp3) is 0.133. The van der Waals surface area contributed by atoms with E-state index in [-0.39, 0.29) is 12.2 Å². The molecule has 0 aliphatic carbocycles. The molecule has 3 aromatic rings. The Bertz CT molecular complexity index is 1030. The molecule has 0 fully saturated rings. The molecular weight excluding hydrogens is 304 g/mol. The van der Waals surface area contributed by atoms with Crippen molar-refractivity contribution >= 4 is 17.2 Å². The van der Waals surface area contributed by atoms with E-state index in [1.165, 1.54) is 21.4 Å². The van der Waals surface area contributed by atoms with E-state index in [2.05, 4.69) is 16.9 Å². The third-order valence-corrected chi connectivity index (χ3v) is 3.37. The first-order chi connectivity index (χ1) is 10.6. The fourth-order valence-electron chi connectivity index (χ4n) is 2.10. The number of halogens is 1. The van der Waals surface area contributed by atoms with Gasteiger partial charge in [-0.15, -0.1) is 11.0 Å². The number of nitrogens with zero attached hydrogens (tertiary/aromatic N) is 4. The molecule has 0 aliphatic heterocycles. The monoisotopic (exact) mass is 314 g/mol. The van der Waals surface area contributed by atoms with Crippen molar-refractivity contribution in [2.45, 2.75) is 13.5 Å². The molecule has 1 aromatic carbocycles. The van der Waals surface area contributed by atoms with Crippen LogP contribution in [0, 0.1) is 11.8 Å². The molecule has 0 saturated heterocycles. The van der Waals surface area contributed by atoms with Crippen molar-refractivity contribution < 1.29 is 0 Å². The van der Waals surface area contributed by atoms with Crippen LogP contribution in [0.2, 0.25) is 5.02 Å². The lowest BCUT2D eigenvalue weighted by Gasteiger charge is -2.05. The van der Waals surface area contributed by atoms with Crippen molar-refractivity contribution in [1.29, 1.82) is 0 Å². The maximum absolute atomic E-state index is 12.5. The van der Waals surface area contributed by atoms with Gasteiger partial charge in [-0.2, -0.15) is 0 Å². The summed E-state index contributed by atoms with van der Waals surface area (Å²) in [6, 6.07) is 6.88. The summed E-state index contributed by atoms with van der Waals surface area (Å²) in [6.45, 7) is 1.82. The summed E-state index contributed by atoms with van der Waals surface area (Å²) in [5, 5.41) is 4.58. The summed E-state index contributed by atoms with van der Waals surface area (Å²) >= 11 is 5.95. The summed E-state index contributed by atoms with van der Waals surface area (Å²) in [7, 11) is 0. The number of aromatic nitrogens is 4. The van der Waals surface area contributed by atoms with Crippen LogP contribution in [-0.2, 0) is 6.54 Å². The van der Waals surface area contributed by atoms with Crippen LogP contribution in [0.4, 0.5) is 0 Å². The van der Waals surface area contributed by atoms with Crippen molar-refractivity contribution in [2.75, 3.05) is 0 Å². The largest absolute Gasteiger partial charge is 0.351 e. The zero-order chi connectivity index (χ0) is 15.7. The highest BCUT2D eigenvalue weighted by Gasteiger charge is 2.12. The highest BCUT2D eigenvalue weighted by Crippen LogP contribution is 2.13. The molecule has 2 heterocycles. The molecule has 0 amide bonds. The Labute approximate surface area is 130 Å². The van der Waals surface area contributed by atoms with Crippen molar-refractivity contribution in [3.8, 4) is 17.5 Å². The molecule has 0 atom stereocenters. The van der Waals surface area contributed by atoms with E-state index in [0.717, 1.165) is 4.68 Å². The number of rotatable bonds is 2. The first-order valence-corrected chi connectivity index (χ1v) is 6.86. The zero-order valence-electron chi connectivity index (χ0n) is 11.7. The minimum Gasteiger partial charge on any atom is -0.280 e. The maximum Gasteiger partial charge on any atom is 0.351 e. The van der Waals surface area contributed by atoms with Gasteiger partial charge in [-0.05, 0) is 25.1 Å². The van der Waals surface area contributed by atoms with Gasteiger partial charge in [-0.1, -0.05) is 23.6 Å². The van der Waals surface area contributed by atoms with E-state index >= 15 is 0 Å². The van der Waals surface area contributed by atoms with Gasteiger partial charge in [0, 0.05) is 17.4 Å². The van der Waals surface area contributed by atoms with Gasteiger partial charge in [0.1, 0.15) is 6.54 Å². The second-order valence-corrected chi connectivity index (χ2v) is 4.95. The Morgan fingerprint density at radius 1 is 1.27 bits per heavy atom. The first-order valence-electron chi connectivity index (χ1n) is 6.48. The van der Waals surface area contributed by atoms with Gasteiger partial charge in [0.15, 0.2) is 0 Å². The lowest BCUT2D eigenvalue weighted by Crippen LogP contribution is -2.24. The fourth-order valence-corrected chi connectivity index (χ4v) is 2.28. The van der Waals surface area contributed by atoms with E-state index in [9.17, 15) is 9.59 Å². The third-order valence-electron chi connectivity index (χ3n) is 3.14. The van der Waals surface area contributed by atoms with E-state index in [1.54, 1.807) is 31.2 Å². The van der Waals surface area contributed by atoms with Crippen LogP contribution in [-0.4, -0.2) is 18.7 Å². The molecule has 0 unspecified atom stereocenters. The molecule has 0 saturated carbocycles. The summed E-state index contributed by atoms with van der Waals surface area (Å²) in [6.07, 6.45) is 3.02. The van der Waals surface area contributed by atoms with Crippen LogP contribution in [0.25, 0.3) is 11.3 Å². The van der Waals surface area contributed by atoms with Crippen LogP contribution >= 0.6 is 11.6 Å². The van der Waals surface area contributed by atoms with Gasteiger partial charge >= 0.3 is 11.2 Å². The van der Waals surface area contributed by atoms with E-state index in [0.29, 0.717) is 10.7 Å². The number of hydrogen-bond donors (Lipinski definition) is 0. The molecule has 0 spiro atoms. The van der Waals surface area contributed by atoms with Gasteiger partial charge in [-0.3, -0.25) is 9.36 Å². The SMILES string of the molecule is CC#CCn1nc2c(=O)n(-c3cccc(Cl)c3)ccn2c1=O. The van der Waals surface area contributed by atoms with Crippen LogP contribution in [0.1, 0.15) is 6.92 Å². The smallest absolute Gasteiger partial charge is 0.280 e. The Balaban J connectivity index is 2.23. The minimum absolute atomic E-state index is 0.0466. The molecule has 2 aromatic heterocycles. The van der Waals surface area contributed by atoms with Crippen LogP contribution in [0.3, 0.4) is 0 Å². The molecule has 22 heavy (non-hydrogen) atoms. The van der Waals surface area contributed by atoms with Crippen molar-refractivity contribution in [2.24, 2.45) is 0 Å². The van der Waals surface area contributed by atoms with E-state index in [4.69, 9.17) is 11.6 Å². The third kappa shape index (κ3) is 2.32. The number of benzene rings is 1. The summed E-state index contributed by atoms with van der Waals surface area (Å²) in [5.41, 5.74) is -0.140. The van der Waals surface area contributed by atoms with Gasteiger partial charge in [0.2, 0.25) is 5.65 Å². The number of hydrogen-bond acceptors (Lipinski definition) is 3. The zero-order valence-corrected chi connectivity index (χ0v) is 12.4. The summed E-state index contributed by atoms with van der Waals surface area (Å²) in [4.78, 5) is 24.6. The molecule has 6 nitrogen and oxygen atoms in total. The van der Waals surface area contributed by atoms with Gasteiger partial charge in [0.25, 0.3) is 0 Å². The normalized spacial score (nSPS) is 10.5. The highest BCUT2D eigenvalue weighted by molar-refractivity contribution is 6.30. The summed E-state index contributed by atoms with van der Waals surface area (Å²) in [5.74, 6) is 5.44. The van der Waals surface area contributed by atoms with Crippen molar-refractivity contribution in [3.05, 3.63) is 62.5 Å². The van der Waals surface area contributed by atoms with Gasteiger partial charge < -0.3 is 0 Å². The van der Waals surface area contributed by atoms with Crippen molar-refractivity contribution in [3.63, 3.8) is 0 Å². The van der Waals surface area contributed by atoms with Crippen molar-refractivity contribution in [1.82, 2.24) is 18.7 Å². The molecule has 0 N–H and O–H groups in total.